The SMILES string of the molecule is CCOc1cc(-c2cccc(C(C)C=O)c2)ccc1-c1nc(N)c(N)c(=O)[nH]1. The molecule has 5 N–H and O–H groups in total. The molecule has 0 bridgehead atoms. The smallest absolute Gasteiger partial charge is 0.276 e. The van der Waals surface area contributed by atoms with E-state index in [4.69, 9.17) is 16.2 Å². The molecule has 7 heteroatoms. The summed E-state index contributed by atoms with van der Waals surface area (Å²) in [6.45, 7) is 4.16. The standard InChI is InChI=1S/C21H22N4O3/c1-3-28-17-10-15(14-6-4-5-13(9-14)12(2)11-26)7-8-16(17)20-24-19(23)18(22)21(27)25-20/h4-12H,3,22H2,1-2H3,(H3,23,24,25,27). The molecule has 3 rings (SSSR count). The van der Waals surface area contributed by atoms with E-state index in [1.54, 1.807) is 0 Å². The van der Waals surface area contributed by atoms with Gasteiger partial charge in [0.15, 0.2) is 5.82 Å². The Labute approximate surface area is 162 Å². The monoisotopic (exact) mass is 378 g/mol. The van der Waals surface area contributed by atoms with E-state index in [0.717, 1.165) is 23.0 Å². The summed E-state index contributed by atoms with van der Waals surface area (Å²) in [5, 5.41) is 0. The largest absolute Gasteiger partial charge is 0.493 e. The van der Waals surface area contributed by atoms with Gasteiger partial charge in [-0.3, -0.25) is 4.79 Å². The van der Waals surface area contributed by atoms with Crippen molar-refractivity contribution in [3.05, 3.63) is 58.4 Å². The van der Waals surface area contributed by atoms with Crippen LogP contribution in [-0.2, 0) is 4.79 Å². The highest BCUT2D eigenvalue weighted by molar-refractivity contribution is 5.75. The number of hydrogen-bond acceptors (Lipinski definition) is 6. The van der Waals surface area contributed by atoms with Crippen LogP contribution >= 0.6 is 0 Å². The van der Waals surface area contributed by atoms with Gasteiger partial charge in [0.2, 0.25) is 0 Å². The third-order valence-corrected chi connectivity index (χ3v) is 4.47. The van der Waals surface area contributed by atoms with Crippen LogP contribution in [-0.4, -0.2) is 22.9 Å². The minimum atomic E-state index is -0.496. The minimum Gasteiger partial charge on any atom is -0.493 e. The molecule has 1 aromatic heterocycles. The van der Waals surface area contributed by atoms with Gasteiger partial charge in [-0.05, 0) is 35.7 Å². The fourth-order valence-electron chi connectivity index (χ4n) is 2.88. The van der Waals surface area contributed by atoms with E-state index in [9.17, 15) is 9.59 Å². The highest BCUT2D eigenvalue weighted by atomic mass is 16.5. The molecule has 7 nitrogen and oxygen atoms in total. The second-order valence-corrected chi connectivity index (χ2v) is 6.41. The molecule has 0 aliphatic rings. The summed E-state index contributed by atoms with van der Waals surface area (Å²) in [6.07, 6.45) is 0.918. The second-order valence-electron chi connectivity index (χ2n) is 6.41. The molecule has 0 aliphatic carbocycles. The van der Waals surface area contributed by atoms with Gasteiger partial charge in [-0.2, -0.15) is 0 Å². The number of aldehydes is 1. The number of nitrogens with two attached hydrogens (primary N) is 2. The number of carbonyl (C=O) groups is 1. The third-order valence-electron chi connectivity index (χ3n) is 4.47. The minimum absolute atomic E-state index is 0.0270. The highest BCUT2D eigenvalue weighted by Crippen LogP contribution is 2.33. The lowest BCUT2D eigenvalue weighted by atomic mass is 9.96. The normalized spacial score (nSPS) is 11.8. The molecule has 1 unspecified atom stereocenters. The lowest BCUT2D eigenvalue weighted by Gasteiger charge is -2.13. The Bertz CT molecular complexity index is 1080. The summed E-state index contributed by atoms with van der Waals surface area (Å²) in [5.74, 6) is 0.634. The Balaban J connectivity index is 2.10. The maximum atomic E-state index is 12.0. The number of benzene rings is 2. The highest BCUT2D eigenvalue weighted by Gasteiger charge is 2.14. The van der Waals surface area contributed by atoms with Crippen LogP contribution in [0.4, 0.5) is 11.5 Å². The van der Waals surface area contributed by atoms with Crippen molar-refractivity contribution in [2.24, 2.45) is 0 Å². The average molecular weight is 378 g/mol. The van der Waals surface area contributed by atoms with E-state index in [0.29, 0.717) is 17.9 Å². The lowest BCUT2D eigenvalue weighted by molar-refractivity contribution is -0.108. The van der Waals surface area contributed by atoms with Crippen LogP contribution < -0.4 is 21.8 Å². The molecule has 28 heavy (non-hydrogen) atoms. The number of nitrogen functional groups attached to an aromatic ring is 2. The Hall–Kier alpha value is -3.61. The molecule has 0 fully saturated rings. The quantitative estimate of drug-likeness (QED) is 0.567. The first-order valence-electron chi connectivity index (χ1n) is 8.92. The van der Waals surface area contributed by atoms with Gasteiger partial charge < -0.3 is 26.0 Å². The zero-order chi connectivity index (χ0) is 20.3. The number of nitrogens with one attached hydrogen (secondary N) is 1. The van der Waals surface area contributed by atoms with Gasteiger partial charge in [-0.15, -0.1) is 0 Å². The number of aromatic nitrogens is 2. The number of nitrogens with zero attached hydrogens (tertiary/aromatic N) is 1. The van der Waals surface area contributed by atoms with Crippen LogP contribution in [0.1, 0.15) is 25.3 Å². The molecule has 1 heterocycles. The molecule has 144 valence electrons. The molecule has 0 spiro atoms. The Morgan fingerprint density at radius 2 is 1.93 bits per heavy atom. The fourth-order valence-corrected chi connectivity index (χ4v) is 2.88. The summed E-state index contributed by atoms with van der Waals surface area (Å²) >= 11 is 0. The van der Waals surface area contributed by atoms with Crippen LogP contribution in [0.5, 0.6) is 5.75 Å². The van der Waals surface area contributed by atoms with Gasteiger partial charge in [0.05, 0.1) is 12.2 Å². The summed E-state index contributed by atoms with van der Waals surface area (Å²) in [7, 11) is 0. The maximum Gasteiger partial charge on any atom is 0.276 e. The van der Waals surface area contributed by atoms with Crippen LogP contribution in [0.25, 0.3) is 22.5 Å². The first kappa shape index (κ1) is 19.2. The van der Waals surface area contributed by atoms with E-state index in [1.165, 1.54) is 0 Å². The first-order valence-corrected chi connectivity index (χ1v) is 8.92. The predicted molar refractivity (Wildman–Crippen MR) is 110 cm³/mol. The molecule has 2 aromatic carbocycles. The van der Waals surface area contributed by atoms with Crippen molar-refractivity contribution in [3.8, 4) is 28.3 Å². The molecular formula is C21H22N4O3. The number of ether oxygens (including phenoxy) is 1. The lowest BCUT2D eigenvalue weighted by Crippen LogP contribution is -2.17. The molecule has 0 saturated carbocycles. The van der Waals surface area contributed by atoms with E-state index in [1.807, 2.05) is 56.3 Å². The number of hydrogen-bond donors (Lipinski definition) is 3. The zero-order valence-electron chi connectivity index (χ0n) is 15.7. The summed E-state index contributed by atoms with van der Waals surface area (Å²) in [6, 6.07) is 13.4. The van der Waals surface area contributed by atoms with E-state index in [-0.39, 0.29) is 23.2 Å². The first-order chi connectivity index (χ1) is 13.4. The van der Waals surface area contributed by atoms with Crippen molar-refractivity contribution >= 4 is 17.8 Å². The molecule has 0 saturated heterocycles. The molecular weight excluding hydrogens is 356 g/mol. The summed E-state index contributed by atoms with van der Waals surface area (Å²) in [4.78, 5) is 29.9. The number of aromatic amines is 1. The van der Waals surface area contributed by atoms with Gasteiger partial charge in [-0.25, -0.2) is 4.98 Å². The molecule has 0 aliphatic heterocycles. The van der Waals surface area contributed by atoms with Crippen molar-refractivity contribution in [1.29, 1.82) is 0 Å². The Kier molecular flexibility index (Phi) is 5.44. The average Bonchev–Trinajstić information content (AvgIpc) is 2.71. The van der Waals surface area contributed by atoms with Gasteiger partial charge >= 0.3 is 0 Å². The van der Waals surface area contributed by atoms with Crippen molar-refractivity contribution in [2.75, 3.05) is 18.1 Å². The van der Waals surface area contributed by atoms with Crippen molar-refractivity contribution < 1.29 is 9.53 Å². The van der Waals surface area contributed by atoms with E-state index in [2.05, 4.69) is 9.97 Å². The fraction of sp³-hybridized carbons (Fsp3) is 0.190. The molecule has 0 amide bonds. The number of H-pyrrole nitrogens is 1. The zero-order valence-corrected chi connectivity index (χ0v) is 15.7. The van der Waals surface area contributed by atoms with Gasteiger partial charge in [-0.1, -0.05) is 37.3 Å². The maximum absolute atomic E-state index is 12.0. The number of carbonyl (C=O) groups excluding carboxylic acids is 1. The van der Waals surface area contributed by atoms with Crippen LogP contribution in [0, 0.1) is 0 Å². The van der Waals surface area contributed by atoms with Gasteiger partial charge in [0.1, 0.15) is 23.5 Å². The van der Waals surface area contributed by atoms with Crippen molar-refractivity contribution in [3.63, 3.8) is 0 Å². The van der Waals surface area contributed by atoms with Gasteiger partial charge in [0.25, 0.3) is 5.56 Å². The predicted octanol–water partition coefficient (Wildman–Crippen LogP) is 2.97. The van der Waals surface area contributed by atoms with Crippen molar-refractivity contribution in [1.82, 2.24) is 9.97 Å². The number of rotatable bonds is 6. The topological polar surface area (TPSA) is 124 Å². The third kappa shape index (κ3) is 3.73. The summed E-state index contributed by atoms with van der Waals surface area (Å²) in [5.41, 5.74) is 14.1. The van der Waals surface area contributed by atoms with Gasteiger partial charge in [0, 0.05) is 5.92 Å². The second kappa shape index (κ2) is 7.96. The Morgan fingerprint density at radius 3 is 2.61 bits per heavy atom. The molecule has 1 atom stereocenters. The molecule has 0 radical (unpaired) electrons. The summed E-state index contributed by atoms with van der Waals surface area (Å²) < 4.78 is 5.77. The Morgan fingerprint density at radius 1 is 1.18 bits per heavy atom. The van der Waals surface area contributed by atoms with E-state index >= 15 is 0 Å². The van der Waals surface area contributed by atoms with Crippen molar-refractivity contribution in [2.45, 2.75) is 19.8 Å². The van der Waals surface area contributed by atoms with E-state index < -0.39 is 5.56 Å². The van der Waals surface area contributed by atoms with Crippen LogP contribution in [0.15, 0.2) is 47.3 Å². The number of anilines is 2. The van der Waals surface area contributed by atoms with Crippen LogP contribution in [0.2, 0.25) is 0 Å². The van der Waals surface area contributed by atoms with Crippen LogP contribution in [0.3, 0.4) is 0 Å². The molecule has 3 aromatic rings.